The molecular weight excluding hydrogens is 242 g/mol. The molecule has 2 aliphatic rings. The minimum absolute atomic E-state index is 0.130. The molecule has 19 heavy (non-hydrogen) atoms. The molecular formula is C14H27N3O2. The van der Waals surface area contributed by atoms with Gasteiger partial charge in [-0.25, -0.2) is 0 Å². The fourth-order valence-electron chi connectivity index (χ4n) is 2.76. The number of nitrogens with one attached hydrogen (secondary N) is 1. The average molecular weight is 269 g/mol. The highest BCUT2D eigenvalue weighted by atomic mass is 16.5. The van der Waals surface area contributed by atoms with Gasteiger partial charge >= 0.3 is 0 Å². The van der Waals surface area contributed by atoms with Gasteiger partial charge in [-0.1, -0.05) is 0 Å². The highest BCUT2D eigenvalue weighted by Crippen LogP contribution is 2.24. The second-order valence-corrected chi connectivity index (χ2v) is 6.77. The molecule has 0 atom stereocenters. The molecule has 0 spiro atoms. The Morgan fingerprint density at radius 3 is 2.42 bits per heavy atom. The third kappa shape index (κ3) is 3.46. The van der Waals surface area contributed by atoms with Gasteiger partial charge < -0.3 is 10.1 Å². The summed E-state index contributed by atoms with van der Waals surface area (Å²) in [5, 5.41) is 3.10. The molecule has 5 nitrogen and oxygen atoms in total. The number of hydrogen-bond donors (Lipinski definition) is 1. The van der Waals surface area contributed by atoms with E-state index < -0.39 is 5.54 Å². The highest BCUT2D eigenvalue weighted by molar-refractivity contribution is 5.86. The summed E-state index contributed by atoms with van der Waals surface area (Å²) in [6, 6.07) is 0. The molecule has 2 saturated heterocycles. The van der Waals surface area contributed by atoms with Crippen molar-refractivity contribution in [1.82, 2.24) is 15.1 Å². The van der Waals surface area contributed by atoms with Crippen LogP contribution in [0.15, 0.2) is 0 Å². The van der Waals surface area contributed by atoms with Crippen LogP contribution in [0.5, 0.6) is 0 Å². The van der Waals surface area contributed by atoms with Crippen LogP contribution in [0.4, 0.5) is 0 Å². The summed E-state index contributed by atoms with van der Waals surface area (Å²) in [5.74, 6) is 0.130. The maximum Gasteiger partial charge on any atom is 0.240 e. The predicted octanol–water partition coefficient (Wildman–Crippen LogP) is 0.308. The largest absolute Gasteiger partial charge is 0.379 e. The maximum absolute atomic E-state index is 12.2. The van der Waals surface area contributed by atoms with Crippen molar-refractivity contribution in [3.05, 3.63) is 0 Å². The summed E-state index contributed by atoms with van der Waals surface area (Å²) in [6.07, 6.45) is 0. The Balaban J connectivity index is 1.94. The van der Waals surface area contributed by atoms with Gasteiger partial charge in [0.05, 0.1) is 18.8 Å². The van der Waals surface area contributed by atoms with Crippen molar-refractivity contribution in [1.29, 1.82) is 0 Å². The number of morpholine rings is 1. The van der Waals surface area contributed by atoms with Gasteiger partial charge in [0.25, 0.3) is 0 Å². The molecule has 0 aromatic heterocycles. The Morgan fingerprint density at radius 1 is 1.16 bits per heavy atom. The molecule has 1 N–H and O–H groups in total. The average Bonchev–Trinajstić information content (AvgIpc) is 2.33. The van der Waals surface area contributed by atoms with Crippen LogP contribution in [0.25, 0.3) is 0 Å². The summed E-state index contributed by atoms with van der Waals surface area (Å²) in [5.41, 5.74) is -0.556. The molecule has 5 heteroatoms. The van der Waals surface area contributed by atoms with Gasteiger partial charge in [-0.15, -0.1) is 0 Å². The third-order valence-electron chi connectivity index (χ3n) is 4.17. The van der Waals surface area contributed by atoms with Crippen molar-refractivity contribution in [2.75, 3.05) is 45.9 Å². The van der Waals surface area contributed by atoms with Crippen molar-refractivity contribution < 1.29 is 9.53 Å². The van der Waals surface area contributed by atoms with Gasteiger partial charge in [-0.3, -0.25) is 14.6 Å². The Morgan fingerprint density at radius 2 is 1.79 bits per heavy atom. The Bertz CT molecular complexity index is 336. The van der Waals surface area contributed by atoms with E-state index in [9.17, 15) is 4.79 Å². The van der Waals surface area contributed by atoms with Crippen molar-refractivity contribution in [3.63, 3.8) is 0 Å². The van der Waals surface area contributed by atoms with Crippen molar-refractivity contribution in [2.45, 2.75) is 38.8 Å². The minimum atomic E-state index is -0.415. The van der Waals surface area contributed by atoms with Crippen LogP contribution in [0.2, 0.25) is 0 Å². The first kappa shape index (κ1) is 14.8. The lowest BCUT2D eigenvalue weighted by molar-refractivity contribution is -0.139. The molecule has 0 aromatic rings. The van der Waals surface area contributed by atoms with Gasteiger partial charge in [-0.2, -0.15) is 0 Å². The Labute approximate surface area is 116 Å². The molecule has 110 valence electrons. The van der Waals surface area contributed by atoms with Crippen molar-refractivity contribution in [3.8, 4) is 0 Å². The molecule has 0 unspecified atom stereocenters. The molecule has 2 aliphatic heterocycles. The zero-order chi connectivity index (χ0) is 14.1. The SMILES string of the molecule is CC1(C)CN(CCN2CCOCC2)C(C)(C)C(=O)N1. The number of nitrogens with zero attached hydrogens (tertiary/aromatic N) is 2. The van der Waals surface area contributed by atoms with Crippen LogP contribution in [0.3, 0.4) is 0 Å². The number of rotatable bonds is 3. The van der Waals surface area contributed by atoms with Crippen molar-refractivity contribution >= 4 is 5.91 Å². The lowest BCUT2D eigenvalue weighted by atomic mass is 9.90. The third-order valence-corrected chi connectivity index (χ3v) is 4.17. The second kappa shape index (κ2) is 5.38. The molecule has 2 heterocycles. The van der Waals surface area contributed by atoms with E-state index in [0.717, 1.165) is 45.9 Å². The van der Waals surface area contributed by atoms with Crippen LogP contribution in [-0.4, -0.2) is 72.7 Å². The van der Waals surface area contributed by atoms with Gasteiger partial charge in [0.15, 0.2) is 0 Å². The van der Waals surface area contributed by atoms with Crippen LogP contribution in [0.1, 0.15) is 27.7 Å². The van der Waals surface area contributed by atoms with Gasteiger partial charge in [0, 0.05) is 38.3 Å². The molecule has 0 saturated carbocycles. The van der Waals surface area contributed by atoms with E-state index in [-0.39, 0.29) is 11.4 Å². The topological polar surface area (TPSA) is 44.8 Å². The smallest absolute Gasteiger partial charge is 0.240 e. The van der Waals surface area contributed by atoms with E-state index in [0.29, 0.717) is 0 Å². The van der Waals surface area contributed by atoms with E-state index in [1.54, 1.807) is 0 Å². The lowest BCUT2D eigenvalue weighted by Gasteiger charge is -2.48. The van der Waals surface area contributed by atoms with Gasteiger partial charge in [0.1, 0.15) is 0 Å². The summed E-state index contributed by atoms with van der Waals surface area (Å²) in [7, 11) is 0. The molecule has 0 radical (unpaired) electrons. The van der Waals surface area contributed by atoms with E-state index in [2.05, 4.69) is 29.0 Å². The highest BCUT2D eigenvalue weighted by Gasteiger charge is 2.43. The van der Waals surface area contributed by atoms with E-state index in [1.807, 2.05) is 13.8 Å². The number of carbonyl (C=O) groups is 1. The molecule has 0 aromatic carbocycles. The first-order chi connectivity index (χ1) is 8.81. The Hall–Kier alpha value is -0.650. The molecule has 2 fully saturated rings. The second-order valence-electron chi connectivity index (χ2n) is 6.77. The van der Waals surface area contributed by atoms with Crippen LogP contribution in [0, 0.1) is 0 Å². The zero-order valence-corrected chi connectivity index (χ0v) is 12.7. The number of piperazine rings is 1. The quantitative estimate of drug-likeness (QED) is 0.801. The van der Waals surface area contributed by atoms with E-state index in [4.69, 9.17) is 4.74 Å². The fraction of sp³-hybridized carbons (Fsp3) is 0.929. The number of ether oxygens (including phenoxy) is 1. The molecule has 1 amide bonds. The summed E-state index contributed by atoms with van der Waals surface area (Å²) >= 11 is 0. The lowest BCUT2D eigenvalue weighted by Crippen LogP contribution is -2.69. The van der Waals surface area contributed by atoms with E-state index >= 15 is 0 Å². The van der Waals surface area contributed by atoms with Crippen LogP contribution >= 0.6 is 0 Å². The summed E-state index contributed by atoms with van der Waals surface area (Å²) < 4.78 is 5.36. The molecule has 0 aliphatic carbocycles. The monoisotopic (exact) mass is 269 g/mol. The number of carbonyl (C=O) groups excluding carboxylic acids is 1. The summed E-state index contributed by atoms with van der Waals surface area (Å²) in [4.78, 5) is 16.9. The van der Waals surface area contributed by atoms with Crippen LogP contribution < -0.4 is 5.32 Å². The summed E-state index contributed by atoms with van der Waals surface area (Å²) in [6.45, 7) is 14.7. The minimum Gasteiger partial charge on any atom is -0.379 e. The zero-order valence-electron chi connectivity index (χ0n) is 12.7. The van der Waals surface area contributed by atoms with Gasteiger partial charge in [0.2, 0.25) is 5.91 Å². The first-order valence-electron chi connectivity index (χ1n) is 7.19. The molecule has 0 bridgehead atoms. The normalized spacial score (nSPS) is 28.1. The van der Waals surface area contributed by atoms with Crippen molar-refractivity contribution in [2.24, 2.45) is 0 Å². The molecule has 2 rings (SSSR count). The standard InChI is InChI=1S/C14H27N3O2/c1-13(2)11-17(14(3,4)12(18)15-13)6-5-16-7-9-19-10-8-16/h5-11H2,1-4H3,(H,15,18). The van der Waals surface area contributed by atoms with Crippen LogP contribution in [-0.2, 0) is 9.53 Å². The predicted molar refractivity (Wildman–Crippen MR) is 75.1 cm³/mol. The van der Waals surface area contributed by atoms with Gasteiger partial charge in [-0.05, 0) is 27.7 Å². The Kier molecular flexibility index (Phi) is 4.18. The maximum atomic E-state index is 12.2. The number of hydrogen-bond acceptors (Lipinski definition) is 4. The first-order valence-corrected chi connectivity index (χ1v) is 7.19. The van der Waals surface area contributed by atoms with E-state index in [1.165, 1.54) is 0 Å². The fourth-order valence-corrected chi connectivity index (χ4v) is 2.76. The number of amides is 1.